The number of carbonyl (C=O) groups is 1. The molecule has 0 aromatic rings. The van der Waals surface area contributed by atoms with E-state index in [1.54, 1.807) is 0 Å². The highest BCUT2D eigenvalue weighted by atomic mass is 16.5. The fraction of sp³-hybridized carbons (Fsp3) is 0.975. The first-order valence-corrected chi connectivity index (χ1v) is 20.7. The van der Waals surface area contributed by atoms with Crippen LogP contribution in [0.3, 0.4) is 0 Å². The normalized spacial score (nSPS) is 21.9. The molecule has 1 aliphatic carbocycles. The molecule has 9 heteroatoms. The smallest absolute Gasteiger partial charge is 0.407 e. The number of hydrogen-bond donors (Lipinski definition) is 6. The molecule has 0 spiro atoms. The van der Waals surface area contributed by atoms with E-state index in [2.05, 4.69) is 12.2 Å². The minimum absolute atomic E-state index is 0.0544. The number of alkyl carbamates (subject to hydrolysis) is 1. The van der Waals surface area contributed by atoms with E-state index >= 15 is 0 Å². The predicted octanol–water partition coefficient (Wildman–Crippen LogP) is 8.25. The zero-order valence-electron chi connectivity index (χ0n) is 31.7. The van der Waals surface area contributed by atoms with E-state index in [-0.39, 0.29) is 19.6 Å². The van der Waals surface area contributed by atoms with Crippen LogP contribution in [0.15, 0.2) is 0 Å². The molecule has 7 unspecified atom stereocenters. The molecule has 0 radical (unpaired) electrons. The van der Waals surface area contributed by atoms with Gasteiger partial charge in [0, 0.05) is 6.42 Å². The fourth-order valence-corrected chi connectivity index (χ4v) is 6.82. The number of rotatable bonds is 31. The summed E-state index contributed by atoms with van der Waals surface area (Å²) >= 11 is 0. The van der Waals surface area contributed by atoms with E-state index in [9.17, 15) is 30.3 Å². The fourth-order valence-electron chi connectivity index (χ4n) is 6.82. The summed E-state index contributed by atoms with van der Waals surface area (Å²) in [6, 6.07) is -0.863. The molecule has 7 atom stereocenters. The van der Waals surface area contributed by atoms with Crippen LogP contribution in [-0.4, -0.2) is 87.5 Å². The molecule has 0 heterocycles. The third-order valence-corrected chi connectivity index (χ3v) is 10.3. The molecular weight excluding hydrogens is 622 g/mol. The molecule has 292 valence electrons. The maximum Gasteiger partial charge on any atom is 0.407 e. The van der Waals surface area contributed by atoms with E-state index in [0.717, 1.165) is 19.3 Å². The molecule has 1 amide bonds. The number of unbranched alkanes of at least 4 members (excludes halogenated alkanes) is 21. The summed E-state index contributed by atoms with van der Waals surface area (Å²) < 4.78 is 11.2. The standard InChI is InChI=1S/C40H79NO8/c1-3-5-6-7-8-9-10-11-12-13-14-15-16-17-18-19-20-21-22-23-24-27-30-48-40(47)41-34(36(44)31-33(42)4-2)32-49-37-29-26-25-28-35(43)38(45)39(37)46/h33-39,42-46H,3-32H2,1-2H3,(H,41,47). The zero-order valence-corrected chi connectivity index (χ0v) is 31.7. The van der Waals surface area contributed by atoms with Gasteiger partial charge in [0.1, 0.15) is 12.2 Å². The van der Waals surface area contributed by atoms with Gasteiger partial charge in [-0.1, -0.05) is 162 Å². The molecule has 1 aliphatic rings. The van der Waals surface area contributed by atoms with Crippen molar-refractivity contribution in [3.8, 4) is 0 Å². The number of carbonyl (C=O) groups excluding carboxylic acids is 1. The Morgan fingerprint density at radius 2 is 1.10 bits per heavy atom. The Kier molecular flexibility index (Phi) is 29.8. The second-order valence-electron chi connectivity index (χ2n) is 14.9. The van der Waals surface area contributed by atoms with Crippen molar-refractivity contribution in [1.82, 2.24) is 5.32 Å². The Balaban J connectivity index is 2.09. The number of amides is 1. The third kappa shape index (κ3) is 24.8. The van der Waals surface area contributed by atoms with Crippen molar-refractivity contribution < 1.29 is 39.8 Å². The Hall–Kier alpha value is -0.970. The monoisotopic (exact) mass is 702 g/mol. The van der Waals surface area contributed by atoms with Crippen LogP contribution in [-0.2, 0) is 9.47 Å². The van der Waals surface area contributed by atoms with E-state index < -0.39 is 48.8 Å². The van der Waals surface area contributed by atoms with Crippen LogP contribution >= 0.6 is 0 Å². The van der Waals surface area contributed by atoms with E-state index in [1.807, 2.05) is 6.92 Å². The van der Waals surface area contributed by atoms with Crippen LogP contribution in [0.4, 0.5) is 4.79 Å². The van der Waals surface area contributed by atoms with Gasteiger partial charge in [0.25, 0.3) is 0 Å². The van der Waals surface area contributed by atoms with E-state index in [1.165, 1.54) is 122 Å². The van der Waals surface area contributed by atoms with Crippen LogP contribution in [0.1, 0.15) is 194 Å². The van der Waals surface area contributed by atoms with Gasteiger partial charge in [-0.3, -0.25) is 0 Å². The van der Waals surface area contributed by atoms with E-state index in [4.69, 9.17) is 9.47 Å². The molecule has 6 N–H and O–H groups in total. The Bertz CT molecular complexity index is 743. The minimum atomic E-state index is -1.33. The summed E-state index contributed by atoms with van der Waals surface area (Å²) in [7, 11) is 0. The van der Waals surface area contributed by atoms with Gasteiger partial charge in [-0.2, -0.15) is 0 Å². The van der Waals surface area contributed by atoms with Gasteiger partial charge >= 0.3 is 6.09 Å². The van der Waals surface area contributed by atoms with Crippen molar-refractivity contribution >= 4 is 6.09 Å². The van der Waals surface area contributed by atoms with Gasteiger partial charge < -0.3 is 40.3 Å². The molecule has 0 saturated heterocycles. The van der Waals surface area contributed by atoms with Crippen LogP contribution in [0.25, 0.3) is 0 Å². The molecule has 0 bridgehead atoms. The average Bonchev–Trinajstić information content (AvgIpc) is 3.09. The molecule has 1 fully saturated rings. The average molecular weight is 702 g/mol. The second kappa shape index (κ2) is 31.7. The van der Waals surface area contributed by atoms with Crippen molar-refractivity contribution in [3.63, 3.8) is 0 Å². The largest absolute Gasteiger partial charge is 0.450 e. The van der Waals surface area contributed by atoms with E-state index in [0.29, 0.717) is 32.1 Å². The van der Waals surface area contributed by atoms with Gasteiger partial charge in [0.2, 0.25) is 0 Å². The van der Waals surface area contributed by atoms with Crippen LogP contribution in [0.5, 0.6) is 0 Å². The number of aliphatic hydroxyl groups excluding tert-OH is 5. The molecule has 0 aliphatic heterocycles. The highest BCUT2D eigenvalue weighted by Crippen LogP contribution is 2.22. The van der Waals surface area contributed by atoms with Gasteiger partial charge in [-0.05, 0) is 25.7 Å². The lowest BCUT2D eigenvalue weighted by Crippen LogP contribution is -2.51. The van der Waals surface area contributed by atoms with Crippen molar-refractivity contribution in [3.05, 3.63) is 0 Å². The third-order valence-electron chi connectivity index (χ3n) is 10.3. The van der Waals surface area contributed by atoms with Crippen LogP contribution in [0.2, 0.25) is 0 Å². The lowest BCUT2D eigenvalue weighted by atomic mass is 9.92. The first-order valence-electron chi connectivity index (χ1n) is 20.7. The maximum absolute atomic E-state index is 12.6. The van der Waals surface area contributed by atoms with Gasteiger partial charge in [0.05, 0.1) is 43.7 Å². The Morgan fingerprint density at radius 1 is 0.653 bits per heavy atom. The topological polar surface area (TPSA) is 149 Å². The second-order valence-corrected chi connectivity index (χ2v) is 14.9. The molecule has 49 heavy (non-hydrogen) atoms. The van der Waals surface area contributed by atoms with Crippen molar-refractivity contribution in [2.75, 3.05) is 13.2 Å². The molecule has 0 aromatic heterocycles. The van der Waals surface area contributed by atoms with Crippen LogP contribution in [0, 0.1) is 0 Å². The lowest BCUT2D eigenvalue weighted by Gasteiger charge is -2.33. The quantitative estimate of drug-likeness (QED) is 0.0396. The number of hydrogen-bond acceptors (Lipinski definition) is 8. The summed E-state index contributed by atoms with van der Waals surface area (Å²) in [5.74, 6) is 0. The SMILES string of the molecule is CCCCCCCCCCCCCCCCCCCCCCCCOC(=O)NC(COC1CCCCC(O)C(O)C1O)C(O)CC(O)CC. The molecule has 1 saturated carbocycles. The van der Waals surface area contributed by atoms with Gasteiger partial charge in [0.15, 0.2) is 0 Å². The molecule has 9 nitrogen and oxygen atoms in total. The minimum Gasteiger partial charge on any atom is -0.450 e. The van der Waals surface area contributed by atoms with Crippen molar-refractivity contribution in [2.24, 2.45) is 0 Å². The summed E-state index contributed by atoms with van der Waals surface area (Å²) in [4.78, 5) is 12.6. The van der Waals surface area contributed by atoms with Crippen LogP contribution < -0.4 is 5.32 Å². The van der Waals surface area contributed by atoms with Gasteiger partial charge in [-0.25, -0.2) is 4.79 Å². The number of ether oxygens (including phenoxy) is 2. The Labute approximate surface area is 300 Å². The highest BCUT2D eigenvalue weighted by molar-refractivity contribution is 5.67. The Morgan fingerprint density at radius 3 is 1.57 bits per heavy atom. The number of aliphatic hydroxyl groups is 5. The number of nitrogens with one attached hydrogen (secondary N) is 1. The predicted molar refractivity (Wildman–Crippen MR) is 199 cm³/mol. The molecule has 0 aromatic carbocycles. The van der Waals surface area contributed by atoms with Crippen molar-refractivity contribution in [1.29, 1.82) is 0 Å². The van der Waals surface area contributed by atoms with Crippen molar-refractivity contribution in [2.45, 2.75) is 236 Å². The summed E-state index contributed by atoms with van der Waals surface area (Å²) in [5.41, 5.74) is 0. The van der Waals surface area contributed by atoms with Gasteiger partial charge in [-0.15, -0.1) is 0 Å². The lowest BCUT2D eigenvalue weighted by molar-refractivity contribution is -0.138. The molecule has 1 rings (SSSR count). The molecular formula is C40H79NO8. The first kappa shape index (κ1) is 46.1. The first-order chi connectivity index (χ1) is 23.8. The summed E-state index contributed by atoms with van der Waals surface area (Å²) in [6.45, 7) is 4.25. The highest BCUT2D eigenvalue weighted by Gasteiger charge is 2.35. The summed E-state index contributed by atoms with van der Waals surface area (Å²) in [6.07, 6.45) is 25.0. The summed E-state index contributed by atoms with van der Waals surface area (Å²) in [5, 5.41) is 54.3. The zero-order chi connectivity index (χ0) is 36.0. The maximum atomic E-state index is 12.6.